The molecule has 21 heteroatoms. The second-order valence-electron chi connectivity index (χ2n) is 17.4. The molecule has 5 aromatic heterocycles. The number of likely N-dealkylation sites (N-methyl/N-ethyl adjacent to an activating group) is 1. The number of carbonyl (C=O) groups excluding carboxylic acids is 2. The Balaban J connectivity index is 0.000000204. The maximum Gasteiger partial charge on any atom is 0.399 e. The lowest BCUT2D eigenvalue weighted by atomic mass is 9.87. The van der Waals surface area contributed by atoms with Crippen LogP contribution in [0.1, 0.15) is 76.3 Å². The number of alkyl halides is 3. The zero-order chi connectivity index (χ0) is 48.4. The number of amides is 3. The molecule has 67 heavy (non-hydrogen) atoms. The summed E-state index contributed by atoms with van der Waals surface area (Å²) in [5.74, 6) is -0.285. The SMILES string of the molecule is CCN1CCN(Cc2ccc(Nc3ncc(F)c(-c4cc(F)c5nc(C)n(C(C)C)c5c4)n3)nc2)CC1.Cc1nc(NC(=O)N2CCCC2C(N)=O)sc1-c1ccnc(C(C)(C)C(F)(F)F)c1. The predicted molar refractivity (Wildman–Crippen MR) is 248 cm³/mol. The summed E-state index contributed by atoms with van der Waals surface area (Å²) in [6.45, 7) is 18.5. The van der Waals surface area contributed by atoms with Gasteiger partial charge >= 0.3 is 12.2 Å². The van der Waals surface area contributed by atoms with Crippen molar-refractivity contribution in [2.45, 2.75) is 91.5 Å². The van der Waals surface area contributed by atoms with Crippen molar-refractivity contribution in [1.29, 1.82) is 0 Å². The van der Waals surface area contributed by atoms with E-state index in [0.717, 1.165) is 76.2 Å². The van der Waals surface area contributed by atoms with Gasteiger partial charge < -0.3 is 25.4 Å². The number of fused-ring (bicyclic) bond motifs is 1. The molecular formula is C46H54F5N13O2S. The number of thiazole rings is 1. The lowest BCUT2D eigenvalue weighted by molar-refractivity contribution is -0.181. The first kappa shape index (κ1) is 48.7. The molecule has 4 N–H and O–H groups in total. The average Bonchev–Trinajstić information content (AvgIpc) is 4.02. The van der Waals surface area contributed by atoms with Gasteiger partial charge in [0.15, 0.2) is 16.8 Å². The van der Waals surface area contributed by atoms with Crippen LogP contribution in [0.25, 0.3) is 32.7 Å². The van der Waals surface area contributed by atoms with E-state index in [0.29, 0.717) is 58.2 Å². The summed E-state index contributed by atoms with van der Waals surface area (Å²) in [5, 5.41) is 5.99. The quantitative estimate of drug-likeness (QED) is 0.106. The van der Waals surface area contributed by atoms with E-state index in [1.54, 1.807) is 19.1 Å². The molecule has 15 nitrogen and oxygen atoms in total. The van der Waals surface area contributed by atoms with Crippen LogP contribution in [0.15, 0.2) is 55.0 Å². The summed E-state index contributed by atoms with van der Waals surface area (Å²) in [4.78, 5) is 56.4. The number of aromatic nitrogens is 7. The largest absolute Gasteiger partial charge is 0.399 e. The topological polar surface area (TPSA) is 176 Å². The Bertz CT molecular complexity index is 2730. The number of rotatable bonds is 11. The van der Waals surface area contributed by atoms with Gasteiger partial charge in [0.25, 0.3) is 0 Å². The molecule has 6 aromatic rings. The third-order valence-electron chi connectivity index (χ3n) is 12.1. The highest BCUT2D eigenvalue weighted by molar-refractivity contribution is 7.19. The Morgan fingerprint density at radius 1 is 0.896 bits per heavy atom. The van der Waals surface area contributed by atoms with Crippen molar-refractivity contribution in [3.63, 3.8) is 0 Å². The van der Waals surface area contributed by atoms with Gasteiger partial charge in [-0.15, -0.1) is 0 Å². The van der Waals surface area contributed by atoms with Crippen LogP contribution < -0.4 is 16.4 Å². The third kappa shape index (κ3) is 10.8. The number of piperazine rings is 1. The second-order valence-corrected chi connectivity index (χ2v) is 18.4. The Morgan fingerprint density at radius 2 is 1.63 bits per heavy atom. The highest BCUT2D eigenvalue weighted by Crippen LogP contribution is 2.42. The van der Waals surface area contributed by atoms with Crippen molar-refractivity contribution >= 4 is 51.2 Å². The van der Waals surface area contributed by atoms with Crippen LogP contribution in [-0.4, -0.2) is 113 Å². The van der Waals surface area contributed by atoms with Crippen LogP contribution in [0.2, 0.25) is 0 Å². The molecule has 2 saturated heterocycles. The van der Waals surface area contributed by atoms with Gasteiger partial charge in [-0.2, -0.15) is 13.2 Å². The Labute approximate surface area is 389 Å². The van der Waals surface area contributed by atoms with Gasteiger partial charge in [0.05, 0.1) is 28.0 Å². The minimum atomic E-state index is -4.45. The number of aryl methyl sites for hydroxylation is 2. The zero-order valence-electron chi connectivity index (χ0n) is 38.4. The number of imidazole rings is 1. The molecule has 8 rings (SSSR count). The highest BCUT2D eigenvalue weighted by Gasteiger charge is 2.49. The van der Waals surface area contributed by atoms with Crippen LogP contribution in [0.3, 0.4) is 0 Å². The molecule has 0 aliphatic carbocycles. The Hall–Kier alpha value is -6.19. The molecule has 1 unspecified atom stereocenters. The second kappa shape index (κ2) is 20.0. The van der Waals surface area contributed by atoms with Gasteiger partial charge in [0, 0.05) is 63.3 Å². The fourth-order valence-electron chi connectivity index (χ4n) is 8.16. The number of benzene rings is 1. The van der Waals surface area contributed by atoms with E-state index in [1.807, 2.05) is 43.7 Å². The number of nitrogens with zero attached hydrogens (tertiary/aromatic N) is 10. The zero-order valence-corrected chi connectivity index (χ0v) is 39.2. The first-order chi connectivity index (χ1) is 31.7. The molecule has 0 saturated carbocycles. The van der Waals surface area contributed by atoms with Crippen molar-refractivity contribution in [3.05, 3.63) is 89.4 Å². The molecule has 3 amide bonds. The number of anilines is 3. The molecule has 2 fully saturated rings. The third-order valence-corrected chi connectivity index (χ3v) is 13.2. The van der Waals surface area contributed by atoms with Gasteiger partial charge in [0.2, 0.25) is 11.9 Å². The van der Waals surface area contributed by atoms with E-state index in [2.05, 4.69) is 57.3 Å². The molecule has 1 atom stereocenters. The number of pyridine rings is 2. The fraction of sp³-hybridized carbons (Fsp3) is 0.435. The summed E-state index contributed by atoms with van der Waals surface area (Å²) >= 11 is 1.14. The summed E-state index contributed by atoms with van der Waals surface area (Å²) in [5.41, 5.74) is 6.53. The smallest absolute Gasteiger partial charge is 0.368 e. The predicted octanol–water partition coefficient (Wildman–Crippen LogP) is 8.77. The van der Waals surface area contributed by atoms with E-state index in [1.165, 1.54) is 23.2 Å². The van der Waals surface area contributed by atoms with Gasteiger partial charge in [-0.05, 0) is 102 Å². The first-order valence-corrected chi connectivity index (χ1v) is 22.8. The number of hydrogen-bond donors (Lipinski definition) is 3. The fourth-order valence-corrected chi connectivity index (χ4v) is 9.11. The lowest BCUT2D eigenvalue weighted by Gasteiger charge is -2.33. The van der Waals surface area contributed by atoms with Crippen molar-refractivity contribution in [1.82, 2.24) is 49.2 Å². The van der Waals surface area contributed by atoms with Gasteiger partial charge in [-0.3, -0.25) is 20.0 Å². The van der Waals surface area contributed by atoms with E-state index in [4.69, 9.17) is 5.73 Å². The molecule has 2 aliphatic heterocycles. The van der Waals surface area contributed by atoms with E-state index in [9.17, 15) is 31.5 Å². The molecule has 0 radical (unpaired) electrons. The summed E-state index contributed by atoms with van der Waals surface area (Å²) in [6, 6.07) is 8.80. The number of urea groups is 1. The van der Waals surface area contributed by atoms with E-state index >= 15 is 0 Å². The van der Waals surface area contributed by atoms with Crippen LogP contribution in [0, 0.1) is 25.5 Å². The van der Waals surface area contributed by atoms with Crippen molar-refractivity contribution < 1.29 is 31.5 Å². The van der Waals surface area contributed by atoms with E-state index < -0.39 is 41.2 Å². The van der Waals surface area contributed by atoms with Crippen LogP contribution in [0.5, 0.6) is 0 Å². The van der Waals surface area contributed by atoms with Crippen molar-refractivity contribution in [2.24, 2.45) is 5.73 Å². The Kier molecular flexibility index (Phi) is 14.5. The molecule has 1 aromatic carbocycles. The maximum absolute atomic E-state index is 14.9. The normalized spacial score (nSPS) is 16.1. The molecule has 0 bridgehead atoms. The average molecular weight is 948 g/mol. The Morgan fingerprint density at radius 3 is 2.28 bits per heavy atom. The number of halogens is 5. The maximum atomic E-state index is 14.9. The molecule has 2 aliphatic rings. The lowest BCUT2D eigenvalue weighted by Crippen LogP contribution is -2.45. The number of hydrogen-bond acceptors (Lipinski definition) is 12. The number of carbonyl (C=O) groups is 2. The van der Waals surface area contributed by atoms with Crippen LogP contribution in [0.4, 0.5) is 43.6 Å². The van der Waals surface area contributed by atoms with Crippen LogP contribution in [-0.2, 0) is 16.8 Å². The number of primary amides is 1. The van der Waals surface area contributed by atoms with Crippen molar-refractivity contribution in [2.75, 3.05) is 49.9 Å². The summed E-state index contributed by atoms with van der Waals surface area (Å²) in [6.07, 6.45) is 0.988. The highest BCUT2D eigenvalue weighted by atomic mass is 32.1. The van der Waals surface area contributed by atoms with Crippen molar-refractivity contribution in [3.8, 4) is 21.7 Å². The number of likely N-dealkylation sites (tertiary alicyclic amines) is 1. The minimum absolute atomic E-state index is 0.00954. The number of nitrogens with two attached hydrogens (primary N) is 1. The van der Waals surface area contributed by atoms with Gasteiger partial charge in [-0.25, -0.2) is 38.5 Å². The van der Waals surface area contributed by atoms with Crippen LogP contribution >= 0.6 is 11.3 Å². The standard InChI is InChI=1S/C27H32F2N8.C19H22F3N5O2S/c1-5-35-8-10-36(11-9-35)16-19-6-7-24(30-14-19)33-27-31-15-22(29)25(34-27)20-12-21(28)26-23(13-20)37(17(2)3)18(4)32-26;1-10-14(11-6-7-24-13(9-11)18(2,3)19(20,21)22)30-16(25-10)26-17(29)27-8-4-5-12(27)15(23)28/h6-7,12-15,17H,5,8-11,16H2,1-4H3,(H,30,31,33,34);6-7,9,12H,4-5,8H2,1-3H3,(H2,23,28)(H,25,26,29). The molecule has 0 spiro atoms. The van der Waals surface area contributed by atoms with E-state index in [-0.39, 0.29) is 34.0 Å². The first-order valence-electron chi connectivity index (χ1n) is 22.0. The van der Waals surface area contributed by atoms with Gasteiger partial charge in [-0.1, -0.05) is 24.3 Å². The number of nitrogens with one attached hydrogen (secondary N) is 2. The summed E-state index contributed by atoms with van der Waals surface area (Å²) < 4.78 is 71.8. The molecule has 356 valence electrons. The molecule has 7 heterocycles. The molecular weight excluding hydrogens is 894 g/mol. The summed E-state index contributed by atoms with van der Waals surface area (Å²) in [7, 11) is 0. The monoisotopic (exact) mass is 947 g/mol. The van der Waals surface area contributed by atoms with Gasteiger partial charge in [0.1, 0.15) is 34.3 Å². The minimum Gasteiger partial charge on any atom is -0.368 e.